The lowest BCUT2D eigenvalue weighted by molar-refractivity contribution is -0.139. The van der Waals surface area contributed by atoms with Crippen molar-refractivity contribution in [3.05, 3.63) is 54.1 Å². The third kappa shape index (κ3) is 3.81. The minimum absolute atomic E-state index is 0.0688. The summed E-state index contributed by atoms with van der Waals surface area (Å²) in [6.45, 7) is 5.37. The van der Waals surface area contributed by atoms with E-state index in [-0.39, 0.29) is 24.3 Å². The van der Waals surface area contributed by atoms with E-state index in [0.717, 1.165) is 38.3 Å². The van der Waals surface area contributed by atoms with E-state index in [4.69, 9.17) is 0 Å². The van der Waals surface area contributed by atoms with Crippen LogP contribution in [-0.2, 0) is 16.1 Å². The van der Waals surface area contributed by atoms with E-state index in [1.54, 1.807) is 4.90 Å². The molecule has 28 heavy (non-hydrogen) atoms. The second kappa shape index (κ2) is 8.17. The number of hydrogen-bond acceptors (Lipinski definition) is 3. The molecule has 2 amide bonds. The highest BCUT2D eigenvalue weighted by Gasteiger charge is 2.33. The smallest absolute Gasteiger partial charge is 0.242 e. The molecule has 1 aromatic heterocycles. The van der Waals surface area contributed by atoms with Crippen LogP contribution in [0.4, 0.5) is 0 Å². The Morgan fingerprint density at radius 3 is 2.61 bits per heavy atom. The summed E-state index contributed by atoms with van der Waals surface area (Å²) >= 11 is 0. The summed E-state index contributed by atoms with van der Waals surface area (Å²) in [6, 6.07) is 10.1. The van der Waals surface area contributed by atoms with Crippen molar-refractivity contribution >= 4 is 11.8 Å². The largest absolute Gasteiger partial charge is 0.341 e. The first-order valence-corrected chi connectivity index (χ1v) is 10.3. The first kappa shape index (κ1) is 18.7. The molecule has 4 rings (SSSR count). The standard InChI is InChI=1S/C22H28N4O2/c1-2-24-13-10-23-22(24)18-8-11-25(12-9-18)21(28)16-26-15-19(14-20(26)27)17-6-4-3-5-7-17/h3-7,10,13,18-19H,2,8-9,11-12,14-16H2,1H3. The van der Waals surface area contributed by atoms with E-state index < -0.39 is 0 Å². The van der Waals surface area contributed by atoms with Gasteiger partial charge in [-0.05, 0) is 25.3 Å². The molecule has 0 N–H and O–H groups in total. The average Bonchev–Trinajstić information content (AvgIpc) is 3.35. The van der Waals surface area contributed by atoms with E-state index in [1.165, 1.54) is 5.56 Å². The number of rotatable bonds is 5. The van der Waals surface area contributed by atoms with Crippen LogP contribution in [0.1, 0.15) is 49.4 Å². The maximum absolute atomic E-state index is 12.8. The Balaban J connectivity index is 1.31. The molecule has 2 aliphatic rings. The van der Waals surface area contributed by atoms with E-state index >= 15 is 0 Å². The summed E-state index contributed by atoms with van der Waals surface area (Å²) in [5.41, 5.74) is 1.18. The Labute approximate surface area is 166 Å². The molecule has 6 heteroatoms. The van der Waals surface area contributed by atoms with Crippen LogP contribution in [-0.4, -0.2) is 57.3 Å². The van der Waals surface area contributed by atoms with Crippen molar-refractivity contribution in [2.45, 2.75) is 44.6 Å². The maximum atomic E-state index is 12.8. The number of carbonyl (C=O) groups is 2. The number of nitrogens with zero attached hydrogens (tertiary/aromatic N) is 4. The summed E-state index contributed by atoms with van der Waals surface area (Å²) in [4.78, 5) is 33.3. The Bertz CT molecular complexity index is 824. The number of likely N-dealkylation sites (tertiary alicyclic amines) is 2. The van der Waals surface area contributed by atoms with Crippen LogP contribution < -0.4 is 0 Å². The van der Waals surface area contributed by atoms with Gasteiger partial charge in [0.15, 0.2) is 0 Å². The third-order valence-corrected chi connectivity index (χ3v) is 6.11. The van der Waals surface area contributed by atoms with Gasteiger partial charge in [0.1, 0.15) is 5.82 Å². The van der Waals surface area contributed by atoms with Gasteiger partial charge in [0.05, 0.1) is 6.54 Å². The second-order valence-corrected chi connectivity index (χ2v) is 7.81. The van der Waals surface area contributed by atoms with Gasteiger partial charge in [-0.1, -0.05) is 30.3 Å². The molecule has 148 valence electrons. The number of carbonyl (C=O) groups excluding carboxylic acids is 2. The van der Waals surface area contributed by atoms with Gasteiger partial charge in [0.25, 0.3) is 0 Å². The van der Waals surface area contributed by atoms with Crippen molar-refractivity contribution in [3.63, 3.8) is 0 Å². The lowest BCUT2D eigenvalue weighted by atomic mass is 9.96. The zero-order chi connectivity index (χ0) is 19.5. The Morgan fingerprint density at radius 2 is 1.89 bits per heavy atom. The van der Waals surface area contributed by atoms with Gasteiger partial charge in [-0.2, -0.15) is 0 Å². The summed E-state index contributed by atoms with van der Waals surface area (Å²) in [5.74, 6) is 1.89. The molecule has 2 fully saturated rings. The molecule has 0 radical (unpaired) electrons. The van der Waals surface area contributed by atoms with Crippen LogP contribution in [0.2, 0.25) is 0 Å². The van der Waals surface area contributed by atoms with Crippen LogP contribution in [0.15, 0.2) is 42.7 Å². The first-order valence-electron chi connectivity index (χ1n) is 10.3. The van der Waals surface area contributed by atoms with E-state index in [2.05, 4.69) is 28.6 Å². The summed E-state index contributed by atoms with van der Waals surface area (Å²) in [5, 5.41) is 0. The molecule has 0 spiro atoms. The summed E-state index contributed by atoms with van der Waals surface area (Å²) in [7, 11) is 0. The second-order valence-electron chi connectivity index (χ2n) is 7.81. The minimum Gasteiger partial charge on any atom is -0.341 e. The van der Waals surface area contributed by atoms with Crippen LogP contribution in [0.3, 0.4) is 0 Å². The predicted molar refractivity (Wildman–Crippen MR) is 107 cm³/mol. The summed E-state index contributed by atoms with van der Waals surface area (Å²) in [6.07, 6.45) is 6.25. The number of amides is 2. The summed E-state index contributed by atoms with van der Waals surface area (Å²) < 4.78 is 2.19. The maximum Gasteiger partial charge on any atom is 0.242 e. The Kier molecular flexibility index (Phi) is 5.46. The van der Waals surface area contributed by atoms with Crippen molar-refractivity contribution in [2.75, 3.05) is 26.2 Å². The van der Waals surface area contributed by atoms with Crippen molar-refractivity contribution < 1.29 is 9.59 Å². The molecular weight excluding hydrogens is 352 g/mol. The molecule has 0 bridgehead atoms. The van der Waals surface area contributed by atoms with Crippen molar-refractivity contribution in [2.24, 2.45) is 0 Å². The topological polar surface area (TPSA) is 58.4 Å². The highest BCUT2D eigenvalue weighted by molar-refractivity contribution is 5.86. The van der Waals surface area contributed by atoms with E-state index in [1.807, 2.05) is 35.5 Å². The minimum atomic E-state index is 0.0688. The molecule has 2 aliphatic heterocycles. The fourth-order valence-electron chi connectivity index (χ4n) is 4.47. The van der Waals surface area contributed by atoms with Crippen molar-refractivity contribution in [1.29, 1.82) is 0 Å². The van der Waals surface area contributed by atoms with Gasteiger partial charge in [-0.3, -0.25) is 9.59 Å². The first-order chi connectivity index (χ1) is 13.7. The molecule has 3 heterocycles. The highest BCUT2D eigenvalue weighted by Crippen LogP contribution is 2.29. The third-order valence-electron chi connectivity index (χ3n) is 6.11. The van der Waals surface area contributed by atoms with Gasteiger partial charge in [0, 0.05) is 56.8 Å². The molecule has 1 atom stereocenters. The van der Waals surface area contributed by atoms with Crippen molar-refractivity contribution in [3.8, 4) is 0 Å². The van der Waals surface area contributed by atoms with E-state index in [0.29, 0.717) is 18.9 Å². The lowest BCUT2D eigenvalue weighted by Crippen LogP contribution is -2.44. The van der Waals surface area contributed by atoms with Crippen LogP contribution in [0, 0.1) is 0 Å². The quantitative estimate of drug-likeness (QED) is 0.801. The average molecular weight is 380 g/mol. The molecule has 0 aliphatic carbocycles. The number of benzene rings is 1. The van der Waals surface area contributed by atoms with Crippen molar-refractivity contribution in [1.82, 2.24) is 19.4 Å². The van der Waals surface area contributed by atoms with Gasteiger partial charge in [-0.25, -0.2) is 4.98 Å². The molecule has 0 saturated carbocycles. The fourth-order valence-corrected chi connectivity index (χ4v) is 4.47. The number of imidazole rings is 1. The monoisotopic (exact) mass is 380 g/mol. The Hall–Kier alpha value is -2.63. The molecule has 1 unspecified atom stereocenters. The molecule has 2 aromatic rings. The van der Waals surface area contributed by atoms with E-state index in [9.17, 15) is 9.59 Å². The van der Waals surface area contributed by atoms with Gasteiger partial charge in [-0.15, -0.1) is 0 Å². The van der Waals surface area contributed by atoms with Gasteiger partial charge >= 0.3 is 0 Å². The number of piperidine rings is 1. The zero-order valence-electron chi connectivity index (χ0n) is 16.5. The highest BCUT2D eigenvalue weighted by atomic mass is 16.2. The zero-order valence-corrected chi connectivity index (χ0v) is 16.5. The van der Waals surface area contributed by atoms with Crippen LogP contribution in [0.5, 0.6) is 0 Å². The molecule has 1 aromatic carbocycles. The number of aromatic nitrogens is 2. The van der Waals surface area contributed by atoms with Gasteiger partial charge < -0.3 is 14.4 Å². The number of aryl methyl sites for hydroxylation is 1. The molecular formula is C22H28N4O2. The van der Waals surface area contributed by atoms with Crippen LogP contribution in [0.25, 0.3) is 0 Å². The predicted octanol–water partition coefficient (Wildman–Crippen LogP) is 2.63. The van der Waals surface area contributed by atoms with Crippen LogP contribution >= 0.6 is 0 Å². The lowest BCUT2D eigenvalue weighted by Gasteiger charge is -2.33. The normalized spacial score (nSPS) is 20.8. The Morgan fingerprint density at radius 1 is 1.14 bits per heavy atom. The SMILES string of the molecule is CCn1ccnc1C1CCN(C(=O)CN2CC(c3ccccc3)CC2=O)CC1. The molecule has 2 saturated heterocycles. The fraction of sp³-hybridized carbons (Fsp3) is 0.500. The van der Waals surface area contributed by atoms with Gasteiger partial charge in [0.2, 0.25) is 11.8 Å². The number of hydrogen-bond donors (Lipinski definition) is 0. The molecule has 6 nitrogen and oxygen atoms in total.